The summed E-state index contributed by atoms with van der Waals surface area (Å²) in [5.41, 5.74) is 0. The fourth-order valence-electron chi connectivity index (χ4n) is 0.537. The number of thiol groups is 2. The normalized spacial score (nSPS) is 22.7. The van der Waals surface area contributed by atoms with Gasteiger partial charge in [0.25, 0.3) is 0 Å². The summed E-state index contributed by atoms with van der Waals surface area (Å²) in [7, 11) is 0. The average molecular weight is 158 g/mol. The Balaban J connectivity index is 2.91. The van der Waals surface area contributed by atoms with Gasteiger partial charge >= 0.3 is 0 Å². The maximum Gasteiger partial charge on any atom is 0.185 e. The Kier molecular flexibility index (Phi) is 1.73. The molecule has 0 radical (unpaired) electrons. The first-order valence-electron chi connectivity index (χ1n) is 2.48. The Morgan fingerprint density at radius 3 is 2.33 bits per heavy atom. The van der Waals surface area contributed by atoms with E-state index in [2.05, 4.69) is 25.3 Å². The predicted octanol–water partition coefficient (Wildman–Crippen LogP) is 1.24. The maximum absolute atomic E-state index is 10.8. The van der Waals surface area contributed by atoms with Crippen LogP contribution in [0.4, 0.5) is 0 Å². The highest BCUT2D eigenvalue weighted by Crippen LogP contribution is 2.25. The van der Waals surface area contributed by atoms with Crippen molar-refractivity contribution in [1.29, 1.82) is 0 Å². The lowest BCUT2D eigenvalue weighted by Crippen LogP contribution is -2.22. The summed E-state index contributed by atoms with van der Waals surface area (Å²) in [4.78, 5) is 10.8. The van der Waals surface area contributed by atoms with Gasteiger partial charge in [-0.3, -0.25) is 4.79 Å². The zero-order valence-electron chi connectivity index (χ0n) is 4.61. The molecule has 0 saturated carbocycles. The molecule has 0 aromatic rings. The summed E-state index contributed by atoms with van der Waals surface area (Å²) < 4.78 is -0.880. The Bertz CT molecular complexity index is 191. The van der Waals surface area contributed by atoms with E-state index in [-0.39, 0.29) is 5.78 Å². The predicted molar refractivity (Wildman–Crippen MR) is 44.0 cm³/mol. The van der Waals surface area contributed by atoms with Gasteiger partial charge in [-0.2, -0.15) is 0 Å². The number of rotatable bonds is 0. The van der Waals surface area contributed by atoms with Crippen molar-refractivity contribution in [2.45, 2.75) is 4.08 Å². The molecule has 1 aliphatic rings. The maximum atomic E-state index is 10.8. The van der Waals surface area contributed by atoms with Crippen LogP contribution in [0, 0.1) is 0 Å². The summed E-state index contributed by atoms with van der Waals surface area (Å²) in [5.74, 6) is -0.0864. The number of allylic oxidation sites excluding steroid dienone is 3. The second-order valence-electron chi connectivity index (χ2n) is 1.81. The molecule has 0 fully saturated rings. The van der Waals surface area contributed by atoms with E-state index in [9.17, 15) is 4.79 Å². The minimum absolute atomic E-state index is 0.0864. The van der Waals surface area contributed by atoms with Crippen molar-refractivity contribution >= 4 is 31.0 Å². The van der Waals surface area contributed by atoms with Crippen LogP contribution in [0.3, 0.4) is 0 Å². The molecule has 0 aromatic heterocycles. The summed E-state index contributed by atoms with van der Waals surface area (Å²) in [6, 6.07) is 0. The van der Waals surface area contributed by atoms with Crippen molar-refractivity contribution < 1.29 is 4.79 Å². The van der Waals surface area contributed by atoms with Crippen LogP contribution in [0.15, 0.2) is 24.3 Å². The quantitative estimate of drug-likeness (QED) is 0.400. The van der Waals surface area contributed by atoms with Crippen molar-refractivity contribution in [2.75, 3.05) is 0 Å². The first-order valence-corrected chi connectivity index (χ1v) is 3.37. The van der Waals surface area contributed by atoms with Crippen LogP contribution >= 0.6 is 25.3 Å². The third-order valence-electron chi connectivity index (χ3n) is 1.05. The van der Waals surface area contributed by atoms with Crippen molar-refractivity contribution in [3.63, 3.8) is 0 Å². The van der Waals surface area contributed by atoms with Gasteiger partial charge in [-0.15, -0.1) is 25.3 Å². The van der Waals surface area contributed by atoms with E-state index in [1.54, 1.807) is 18.2 Å². The van der Waals surface area contributed by atoms with Crippen LogP contribution in [0.1, 0.15) is 0 Å². The van der Waals surface area contributed by atoms with E-state index < -0.39 is 4.08 Å². The van der Waals surface area contributed by atoms with E-state index >= 15 is 0 Å². The highest BCUT2D eigenvalue weighted by Gasteiger charge is 2.25. The molecular weight excluding hydrogens is 152 g/mol. The molecule has 0 aromatic carbocycles. The van der Waals surface area contributed by atoms with Gasteiger partial charge in [0.2, 0.25) is 0 Å². The van der Waals surface area contributed by atoms with Gasteiger partial charge in [-0.25, -0.2) is 0 Å². The second kappa shape index (κ2) is 2.23. The molecule has 0 unspecified atom stereocenters. The topological polar surface area (TPSA) is 17.1 Å². The van der Waals surface area contributed by atoms with Crippen LogP contribution in [-0.4, -0.2) is 9.86 Å². The summed E-state index contributed by atoms with van der Waals surface area (Å²) in [5, 5.41) is 0. The van der Waals surface area contributed by atoms with Crippen molar-refractivity contribution in [3.05, 3.63) is 24.3 Å². The van der Waals surface area contributed by atoms with Gasteiger partial charge in [0, 0.05) is 0 Å². The van der Waals surface area contributed by atoms with Crippen LogP contribution in [0.5, 0.6) is 0 Å². The van der Waals surface area contributed by atoms with E-state index in [4.69, 9.17) is 0 Å². The zero-order chi connectivity index (χ0) is 6.91. The smallest absolute Gasteiger partial charge is 0.185 e. The Hall–Kier alpha value is -0.150. The van der Waals surface area contributed by atoms with E-state index in [0.717, 1.165) is 0 Å². The average Bonchev–Trinajstić information content (AvgIpc) is 1.77. The molecule has 1 aliphatic carbocycles. The number of hydrogen-bond acceptors (Lipinski definition) is 3. The molecule has 1 rings (SSSR count). The molecule has 0 aliphatic heterocycles. The molecule has 0 spiro atoms. The fraction of sp³-hybridized carbons (Fsp3) is 0.167. The Morgan fingerprint density at radius 2 is 2.00 bits per heavy atom. The van der Waals surface area contributed by atoms with Crippen molar-refractivity contribution in [1.82, 2.24) is 0 Å². The molecule has 0 atom stereocenters. The number of ketones is 1. The number of hydrogen-bond donors (Lipinski definition) is 2. The Morgan fingerprint density at radius 1 is 1.33 bits per heavy atom. The molecule has 48 valence electrons. The third kappa shape index (κ3) is 1.40. The summed E-state index contributed by atoms with van der Waals surface area (Å²) >= 11 is 7.98. The number of carbonyl (C=O) groups is 1. The minimum Gasteiger partial charge on any atom is -0.292 e. The largest absolute Gasteiger partial charge is 0.292 e. The van der Waals surface area contributed by atoms with Crippen LogP contribution in [0.25, 0.3) is 0 Å². The molecule has 0 N–H and O–H groups in total. The lowest BCUT2D eigenvalue weighted by molar-refractivity contribution is -0.114. The summed E-state index contributed by atoms with van der Waals surface area (Å²) in [6.45, 7) is 0. The first kappa shape index (κ1) is 6.96. The SMILES string of the molecule is O=C1C=CC=CC1(S)S. The van der Waals surface area contributed by atoms with Gasteiger partial charge in [0.05, 0.1) is 0 Å². The minimum atomic E-state index is -0.880. The first-order chi connectivity index (χ1) is 4.13. The van der Waals surface area contributed by atoms with E-state index in [1.807, 2.05) is 0 Å². The van der Waals surface area contributed by atoms with Gasteiger partial charge < -0.3 is 0 Å². The van der Waals surface area contributed by atoms with E-state index in [0.29, 0.717) is 0 Å². The van der Waals surface area contributed by atoms with Crippen LogP contribution in [0.2, 0.25) is 0 Å². The monoisotopic (exact) mass is 158 g/mol. The standard InChI is InChI=1S/C6H6OS2/c7-5-3-1-2-4-6(5,8)9/h1-4,8-9H. The van der Waals surface area contributed by atoms with E-state index in [1.165, 1.54) is 6.08 Å². The molecule has 9 heavy (non-hydrogen) atoms. The molecule has 0 heterocycles. The van der Waals surface area contributed by atoms with Gasteiger partial charge in [-0.05, 0) is 6.08 Å². The van der Waals surface area contributed by atoms with Gasteiger partial charge in [0.1, 0.15) is 4.08 Å². The van der Waals surface area contributed by atoms with Crippen molar-refractivity contribution in [3.8, 4) is 0 Å². The lowest BCUT2D eigenvalue weighted by atomic mass is 10.1. The van der Waals surface area contributed by atoms with Gasteiger partial charge in [0.15, 0.2) is 5.78 Å². The molecular formula is C6H6OS2. The highest BCUT2D eigenvalue weighted by atomic mass is 32.2. The number of carbonyl (C=O) groups excluding carboxylic acids is 1. The zero-order valence-corrected chi connectivity index (χ0v) is 6.40. The molecule has 0 bridgehead atoms. The molecule has 3 heteroatoms. The fourth-order valence-corrected chi connectivity index (χ4v) is 0.859. The second-order valence-corrected chi connectivity index (χ2v) is 3.57. The van der Waals surface area contributed by atoms with Crippen LogP contribution in [-0.2, 0) is 4.79 Å². The Labute approximate surface area is 64.7 Å². The highest BCUT2D eigenvalue weighted by molar-refractivity contribution is 8.02. The van der Waals surface area contributed by atoms with Crippen LogP contribution < -0.4 is 0 Å². The molecule has 0 amide bonds. The third-order valence-corrected chi connectivity index (χ3v) is 1.79. The van der Waals surface area contributed by atoms with Crippen molar-refractivity contribution in [2.24, 2.45) is 0 Å². The van der Waals surface area contributed by atoms with Gasteiger partial charge in [-0.1, -0.05) is 18.2 Å². The summed E-state index contributed by atoms with van der Waals surface area (Å²) in [6.07, 6.45) is 6.52. The molecule has 1 nitrogen and oxygen atoms in total. The molecule has 0 saturated heterocycles. The lowest BCUT2D eigenvalue weighted by Gasteiger charge is -2.15.